The number of aliphatic hydroxyl groups is 1. The Balaban J connectivity index is 1.39. The summed E-state index contributed by atoms with van der Waals surface area (Å²) >= 11 is 0. The van der Waals surface area contributed by atoms with Gasteiger partial charge in [-0.15, -0.1) is 0 Å². The van der Waals surface area contributed by atoms with E-state index in [1.54, 1.807) is 6.20 Å². The predicted octanol–water partition coefficient (Wildman–Crippen LogP) is 2.59. The first-order valence-corrected chi connectivity index (χ1v) is 9.81. The molecule has 9 heteroatoms. The highest BCUT2D eigenvalue weighted by molar-refractivity contribution is 5.87. The number of H-pyrrole nitrogens is 1. The van der Waals surface area contributed by atoms with Gasteiger partial charge >= 0.3 is 5.92 Å². The van der Waals surface area contributed by atoms with E-state index in [-0.39, 0.29) is 5.56 Å². The van der Waals surface area contributed by atoms with Crippen molar-refractivity contribution in [1.82, 2.24) is 19.9 Å². The third-order valence-corrected chi connectivity index (χ3v) is 6.18. The number of anilines is 1. The fraction of sp³-hybridized carbons (Fsp3) is 0.381. The summed E-state index contributed by atoms with van der Waals surface area (Å²) in [5, 5.41) is 20.5. The monoisotopic (exact) mass is 410 g/mol. The van der Waals surface area contributed by atoms with E-state index in [2.05, 4.69) is 19.9 Å². The average Bonchev–Trinajstić information content (AvgIpc) is 3.34. The minimum Gasteiger partial charge on any atom is -0.372 e. The van der Waals surface area contributed by atoms with E-state index in [9.17, 15) is 5.11 Å². The maximum Gasteiger partial charge on any atom is 0.311 e. The van der Waals surface area contributed by atoms with Crippen molar-refractivity contribution in [2.24, 2.45) is 0 Å². The lowest BCUT2D eigenvalue weighted by molar-refractivity contribution is -0.198. The number of fused-ring (bicyclic) bond motifs is 1. The topological polar surface area (TPSA) is 92.1 Å². The first-order chi connectivity index (χ1) is 14.4. The van der Waals surface area contributed by atoms with Crippen LogP contribution in [0, 0.1) is 11.3 Å². The van der Waals surface area contributed by atoms with Crippen LogP contribution < -0.4 is 4.90 Å². The maximum absolute atomic E-state index is 15.1. The van der Waals surface area contributed by atoms with Crippen LogP contribution in [0.15, 0.2) is 42.9 Å². The number of nitrogens with one attached hydrogen (secondary N) is 1. The second kappa shape index (κ2) is 6.72. The number of nitrogens with zero attached hydrogens (tertiary/aromatic N) is 5. The lowest BCUT2D eigenvalue weighted by atomic mass is 10.0. The zero-order valence-corrected chi connectivity index (χ0v) is 16.1. The highest BCUT2D eigenvalue weighted by atomic mass is 19.3. The van der Waals surface area contributed by atoms with Gasteiger partial charge in [0.2, 0.25) is 0 Å². The molecule has 1 saturated carbocycles. The molecule has 0 bridgehead atoms. The molecule has 1 unspecified atom stereocenters. The second-order valence-corrected chi connectivity index (χ2v) is 7.96. The second-order valence-electron chi connectivity index (χ2n) is 7.96. The molecule has 3 heterocycles. The van der Waals surface area contributed by atoms with Crippen molar-refractivity contribution in [2.75, 3.05) is 24.5 Å². The first-order valence-electron chi connectivity index (χ1n) is 9.81. The van der Waals surface area contributed by atoms with Crippen LogP contribution in [0.1, 0.15) is 24.0 Å². The zero-order valence-electron chi connectivity index (χ0n) is 16.1. The maximum atomic E-state index is 15.1. The number of alkyl halides is 2. The molecule has 5 rings (SSSR count). The number of rotatable bonds is 4. The highest BCUT2D eigenvalue weighted by Crippen LogP contribution is 2.49. The number of halogens is 2. The largest absolute Gasteiger partial charge is 0.372 e. The zero-order chi connectivity index (χ0) is 20.9. The van der Waals surface area contributed by atoms with Gasteiger partial charge in [-0.3, -0.25) is 4.90 Å². The van der Waals surface area contributed by atoms with Crippen LogP contribution in [-0.2, 0) is 5.92 Å². The number of nitriles is 1. The van der Waals surface area contributed by atoms with E-state index in [1.165, 1.54) is 35.5 Å². The fourth-order valence-electron chi connectivity index (χ4n) is 4.37. The Morgan fingerprint density at radius 3 is 2.63 bits per heavy atom. The number of hydrogen-bond acceptors (Lipinski definition) is 6. The van der Waals surface area contributed by atoms with E-state index in [4.69, 9.17) is 5.26 Å². The van der Waals surface area contributed by atoms with Crippen molar-refractivity contribution < 1.29 is 13.9 Å². The number of aromatic amines is 1. The van der Waals surface area contributed by atoms with Crippen LogP contribution in [0.4, 0.5) is 14.6 Å². The Hall–Kier alpha value is -3.09. The summed E-state index contributed by atoms with van der Waals surface area (Å²) in [4.78, 5) is 15.3. The summed E-state index contributed by atoms with van der Waals surface area (Å²) in [6.07, 6.45) is 2.84. The van der Waals surface area contributed by atoms with Gasteiger partial charge in [0.25, 0.3) is 0 Å². The molecular formula is C21H20F2N6O. The van der Waals surface area contributed by atoms with Gasteiger partial charge in [0.1, 0.15) is 17.8 Å². The smallest absolute Gasteiger partial charge is 0.311 e. The van der Waals surface area contributed by atoms with Crippen LogP contribution >= 0.6 is 0 Å². The van der Waals surface area contributed by atoms with Crippen LogP contribution in [-0.4, -0.2) is 56.4 Å². The standard InChI is InChI=1S/C21H20F2N6O/c22-21(23,15-3-1-14(11-24)2-4-15)19(30)29-10-9-28(12-20(29)6-7-20)18-16-5-8-25-17(16)26-13-27-18/h1-5,8,13,19,30H,6-7,9-10,12H2,(H,25,26,27). The summed E-state index contributed by atoms with van der Waals surface area (Å²) in [6.45, 7) is 1.29. The van der Waals surface area contributed by atoms with Gasteiger partial charge < -0.3 is 15.0 Å². The SMILES string of the molecule is N#Cc1ccc(C(F)(F)C(O)N2CCN(c3ncnc4[nH]ccc34)CC23CC3)cc1. The summed E-state index contributed by atoms with van der Waals surface area (Å²) in [5.41, 5.74) is 0.246. The van der Waals surface area contributed by atoms with Gasteiger partial charge in [-0.05, 0) is 31.0 Å². The molecule has 0 amide bonds. The Kier molecular flexibility index (Phi) is 4.24. The molecular weight excluding hydrogens is 390 g/mol. The van der Waals surface area contributed by atoms with Crippen LogP contribution in [0.5, 0.6) is 0 Å². The van der Waals surface area contributed by atoms with E-state index in [0.717, 1.165) is 29.7 Å². The van der Waals surface area contributed by atoms with E-state index in [0.29, 0.717) is 25.2 Å². The minimum atomic E-state index is -3.45. The van der Waals surface area contributed by atoms with Crippen molar-refractivity contribution in [3.63, 3.8) is 0 Å². The van der Waals surface area contributed by atoms with Crippen molar-refractivity contribution >= 4 is 16.9 Å². The number of hydrogen-bond donors (Lipinski definition) is 2. The third kappa shape index (κ3) is 2.91. The Bertz CT molecular complexity index is 1120. The summed E-state index contributed by atoms with van der Waals surface area (Å²) < 4.78 is 30.2. The fourth-order valence-corrected chi connectivity index (χ4v) is 4.37. The molecule has 2 fully saturated rings. The molecule has 3 aromatic rings. The van der Waals surface area contributed by atoms with Gasteiger partial charge in [0.15, 0.2) is 6.23 Å². The Morgan fingerprint density at radius 1 is 1.17 bits per heavy atom. The Labute approximate surface area is 171 Å². The Morgan fingerprint density at radius 2 is 1.93 bits per heavy atom. The molecule has 2 N–H and O–H groups in total. The minimum absolute atomic E-state index is 0.294. The average molecular weight is 410 g/mol. The van der Waals surface area contributed by atoms with Crippen molar-refractivity contribution in [2.45, 2.75) is 30.5 Å². The van der Waals surface area contributed by atoms with Gasteiger partial charge in [-0.2, -0.15) is 14.0 Å². The molecule has 30 heavy (non-hydrogen) atoms. The van der Waals surface area contributed by atoms with Crippen molar-refractivity contribution in [1.29, 1.82) is 5.26 Å². The summed E-state index contributed by atoms with van der Waals surface area (Å²) in [5.74, 6) is -2.67. The van der Waals surface area contributed by atoms with Gasteiger partial charge in [-0.1, -0.05) is 12.1 Å². The summed E-state index contributed by atoms with van der Waals surface area (Å²) in [6, 6.07) is 8.93. The molecule has 7 nitrogen and oxygen atoms in total. The predicted molar refractivity (Wildman–Crippen MR) is 106 cm³/mol. The molecule has 2 aromatic heterocycles. The summed E-state index contributed by atoms with van der Waals surface area (Å²) in [7, 11) is 0. The number of benzene rings is 1. The number of piperazine rings is 1. The molecule has 1 aliphatic carbocycles. The van der Waals surface area contributed by atoms with Gasteiger partial charge in [-0.25, -0.2) is 9.97 Å². The lowest BCUT2D eigenvalue weighted by Crippen LogP contribution is -2.61. The van der Waals surface area contributed by atoms with Gasteiger partial charge in [0.05, 0.1) is 17.0 Å². The molecule has 1 atom stereocenters. The number of aliphatic hydroxyl groups excluding tert-OH is 1. The van der Waals surface area contributed by atoms with Crippen LogP contribution in [0.25, 0.3) is 11.0 Å². The van der Waals surface area contributed by atoms with Crippen LogP contribution in [0.3, 0.4) is 0 Å². The normalized spacial score (nSPS) is 19.7. The first kappa shape index (κ1) is 18.9. The van der Waals surface area contributed by atoms with Crippen LogP contribution in [0.2, 0.25) is 0 Å². The van der Waals surface area contributed by atoms with E-state index >= 15 is 8.78 Å². The highest BCUT2D eigenvalue weighted by Gasteiger charge is 2.58. The quantitative estimate of drug-likeness (QED) is 0.687. The molecule has 1 saturated heterocycles. The van der Waals surface area contributed by atoms with Crippen molar-refractivity contribution in [3.8, 4) is 6.07 Å². The molecule has 1 aromatic carbocycles. The molecule has 0 radical (unpaired) electrons. The lowest BCUT2D eigenvalue weighted by Gasteiger charge is -2.46. The molecule has 2 aliphatic rings. The number of aromatic nitrogens is 3. The van der Waals surface area contributed by atoms with Crippen molar-refractivity contribution in [3.05, 3.63) is 54.0 Å². The van der Waals surface area contributed by atoms with E-state index < -0.39 is 17.7 Å². The van der Waals surface area contributed by atoms with E-state index in [1.807, 2.05) is 12.1 Å². The third-order valence-electron chi connectivity index (χ3n) is 6.18. The molecule has 1 spiro atoms. The molecule has 154 valence electrons. The molecule has 1 aliphatic heterocycles. The van der Waals surface area contributed by atoms with Gasteiger partial charge in [0, 0.05) is 36.9 Å².